The third kappa shape index (κ3) is 5.21. The van der Waals surface area contributed by atoms with Gasteiger partial charge in [-0.2, -0.15) is 0 Å². The van der Waals surface area contributed by atoms with Crippen molar-refractivity contribution in [3.8, 4) is 11.5 Å². The highest BCUT2D eigenvalue weighted by molar-refractivity contribution is 5.42. The van der Waals surface area contributed by atoms with Crippen LogP contribution in [0.1, 0.15) is 38.8 Å². The third-order valence-electron chi connectivity index (χ3n) is 4.16. The largest absolute Gasteiger partial charge is 0.497 e. The molecule has 0 amide bonds. The van der Waals surface area contributed by atoms with Gasteiger partial charge in [0.25, 0.3) is 0 Å². The molecule has 1 N–H and O–H groups in total. The van der Waals surface area contributed by atoms with Crippen LogP contribution in [0.5, 0.6) is 11.5 Å². The Bertz CT molecular complexity index is 423. The number of methoxy groups -OCH3 is 2. The lowest BCUT2D eigenvalue weighted by Gasteiger charge is -2.25. The van der Waals surface area contributed by atoms with Crippen LogP contribution in [-0.4, -0.2) is 45.3 Å². The van der Waals surface area contributed by atoms with Crippen LogP contribution < -0.4 is 14.8 Å². The summed E-state index contributed by atoms with van der Waals surface area (Å²) in [7, 11) is 5.56. The first-order chi connectivity index (χ1) is 10.0. The van der Waals surface area contributed by atoms with Crippen LogP contribution >= 0.6 is 0 Å². The topological polar surface area (TPSA) is 33.7 Å². The van der Waals surface area contributed by atoms with Crippen molar-refractivity contribution in [1.29, 1.82) is 0 Å². The molecule has 4 nitrogen and oxygen atoms in total. The Hall–Kier alpha value is -1.26. The van der Waals surface area contributed by atoms with Gasteiger partial charge in [0.1, 0.15) is 11.5 Å². The van der Waals surface area contributed by atoms with Gasteiger partial charge in [0.2, 0.25) is 0 Å². The second-order valence-electron chi connectivity index (χ2n) is 5.52. The van der Waals surface area contributed by atoms with E-state index in [0.29, 0.717) is 6.04 Å². The average molecular weight is 294 g/mol. The fourth-order valence-electron chi connectivity index (χ4n) is 2.28. The lowest BCUT2D eigenvalue weighted by atomic mass is 10.1. The first kappa shape index (κ1) is 17.8. The zero-order valence-electron chi connectivity index (χ0n) is 14.3. The highest BCUT2D eigenvalue weighted by Crippen LogP contribution is 2.29. The van der Waals surface area contributed by atoms with E-state index in [1.807, 2.05) is 18.2 Å². The van der Waals surface area contributed by atoms with Gasteiger partial charge in [-0.05, 0) is 45.5 Å². The molecule has 4 heteroatoms. The van der Waals surface area contributed by atoms with Crippen LogP contribution in [0.4, 0.5) is 0 Å². The fourth-order valence-corrected chi connectivity index (χ4v) is 2.28. The van der Waals surface area contributed by atoms with E-state index < -0.39 is 0 Å². The van der Waals surface area contributed by atoms with Crippen molar-refractivity contribution in [2.24, 2.45) is 0 Å². The molecular formula is C17H30N2O2. The highest BCUT2D eigenvalue weighted by Gasteiger charge is 2.13. The number of ether oxygens (including phenoxy) is 2. The predicted molar refractivity (Wildman–Crippen MR) is 88.3 cm³/mol. The van der Waals surface area contributed by atoms with Gasteiger partial charge in [0.15, 0.2) is 0 Å². The summed E-state index contributed by atoms with van der Waals surface area (Å²) in [5.41, 5.74) is 1.13. The predicted octanol–water partition coefficient (Wildman–Crippen LogP) is 3.08. The van der Waals surface area contributed by atoms with Gasteiger partial charge < -0.3 is 19.7 Å². The molecule has 0 aromatic heterocycles. The van der Waals surface area contributed by atoms with E-state index in [9.17, 15) is 0 Å². The summed E-state index contributed by atoms with van der Waals surface area (Å²) >= 11 is 0. The molecule has 0 bridgehead atoms. The normalized spacial score (nSPS) is 14.0. The van der Waals surface area contributed by atoms with E-state index in [4.69, 9.17) is 9.47 Å². The zero-order chi connectivity index (χ0) is 15.8. The molecule has 0 saturated heterocycles. The van der Waals surface area contributed by atoms with Gasteiger partial charge in [-0.25, -0.2) is 0 Å². The SMILES string of the molecule is CCC(C)N(C)CCNC(C)c1cc(OC)ccc1OC. The van der Waals surface area contributed by atoms with Crippen molar-refractivity contribution in [2.75, 3.05) is 34.4 Å². The molecule has 0 heterocycles. The molecule has 2 unspecified atom stereocenters. The van der Waals surface area contributed by atoms with E-state index in [0.717, 1.165) is 30.2 Å². The monoisotopic (exact) mass is 294 g/mol. The van der Waals surface area contributed by atoms with Gasteiger partial charge in [-0.1, -0.05) is 6.92 Å². The first-order valence-electron chi connectivity index (χ1n) is 7.69. The van der Waals surface area contributed by atoms with Crippen LogP contribution in [0.15, 0.2) is 18.2 Å². The van der Waals surface area contributed by atoms with E-state index >= 15 is 0 Å². The number of benzene rings is 1. The summed E-state index contributed by atoms with van der Waals surface area (Å²) < 4.78 is 10.7. The average Bonchev–Trinajstić information content (AvgIpc) is 2.52. The maximum Gasteiger partial charge on any atom is 0.123 e. The molecule has 1 aromatic rings. The molecular weight excluding hydrogens is 264 g/mol. The van der Waals surface area contributed by atoms with Gasteiger partial charge >= 0.3 is 0 Å². The summed E-state index contributed by atoms with van der Waals surface area (Å²) in [6.45, 7) is 8.61. The second-order valence-corrected chi connectivity index (χ2v) is 5.52. The Kier molecular flexibility index (Phi) is 7.54. The molecule has 0 aliphatic heterocycles. The van der Waals surface area contributed by atoms with Crippen molar-refractivity contribution < 1.29 is 9.47 Å². The van der Waals surface area contributed by atoms with Gasteiger partial charge in [0.05, 0.1) is 14.2 Å². The molecule has 0 fully saturated rings. The van der Waals surface area contributed by atoms with Gasteiger partial charge in [-0.15, -0.1) is 0 Å². The number of likely N-dealkylation sites (N-methyl/N-ethyl adjacent to an activating group) is 1. The van der Waals surface area contributed by atoms with Crippen LogP contribution in [0, 0.1) is 0 Å². The van der Waals surface area contributed by atoms with Gasteiger partial charge in [0, 0.05) is 30.7 Å². The van der Waals surface area contributed by atoms with E-state index in [1.165, 1.54) is 6.42 Å². The number of hydrogen-bond donors (Lipinski definition) is 1. The lowest BCUT2D eigenvalue weighted by molar-refractivity contribution is 0.249. The number of hydrogen-bond acceptors (Lipinski definition) is 4. The smallest absolute Gasteiger partial charge is 0.123 e. The minimum Gasteiger partial charge on any atom is -0.497 e. The number of nitrogens with one attached hydrogen (secondary N) is 1. The van der Waals surface area contributed by atoms with E-state index in [-0.39, 0.29) is 6.04 Å². The summed E-state index contributed by atoms with van der Waals surface area (Å²) in [6.07, 6.45) is 1.18. The molecule has 0 radical (unpaired) electrons. The van der Waals surface area contributed by atoms with Crippen LogP contribution in [0.3, 0.4) is 0 Å². The summed E-state index contributed by atoms with van der Waals surface area (Å²) in [5.74, 6) is 1.75. The molecule has 0 aliphatic carbocycles. The Morgan fingerprint density at radius 3 is 2.48 bits per heavy atom. The molecule has 0 saturated carbocycles. The summed E-state index contributed by atoms with van der Waals surface area (Å²) in [5, 5.41) is 3.56. The summed E-state index contributed by atoms with van der Waals surface area (Å²) in [4.78, 5) is 2.38. The van der Waals surface area contributed by atoms with Crippen LogP contribution in [0.25, 0.3) is 0 Å². The molecule has 2 atom stereocenters. The van der Waals surface area contributed by atoms with Crippen LogP contribution in [0.2, 0.25) is 0 Å². The molecule has 1 aromatic carbocycles. The fraction of sp³-hybridized carbons (Fsp3) is 0.647. The van der Waals surface area contributed by atoms with Crippen molar-refractivity contribution in [3.05, 3.63) is 23.8 Å². The van der Waals surface area contributed by atoms with E-state index in [1.54, 1.807) is 14.2 Å². The molecule has 21 heavy (non-hydrogen) atoms. The maximum atomic E-state index is 5.44. The Labute approximate surface area is 129 Å². The van der Waals surface area contributed by atoms with Crippen molar-refractivity contribution in [3.63, 3.8) is 0 Å². The standard InChI is InChI=1S/C17H30N2O2/c1-7-13(2)19(4)11-10-18-14(3)16-12-15(20-5)8-9-17(16)21-6/h8-9,12-14,18H,7,10-11H2,1-6H3. The first-order valence-corrected chi connectivity index (χ1v) is 7.69. The van der Waals surface area contributed by atoms with Crippen LogP contribution in [-0.2, 0) is 0 Å². The third-order valence-corrected chi connectivity index (χ3v) is 4.16. The van der Waals surface area contributed by atoms with E-state index in [2.05, 4.69) is 38.0 Å². The highest BCUT2D eigenvalue weighted by atomic mass is 16.5. The lowest BCUT2D eigenvalue weighted by Crippen LogP contribution is -2.35. The van der Waals surface area contributed by atoms with Crippen molar-refractivity contribution in [2.45, 2.75) is 39.3 Å². The minimum atomic E-state index is 0.223. The number of rotatable bonds is 9. The van der Waals surface area contributed by atoms with Crippen molar-refractivity contribution >= 4 is 0 Å². The maximum absolute atomic E-state index is 5.44. The van der Waals surface area contributed by atoms with Crippen molar-refractivity contribution in [1.82, 2.24) is 10.2 Å². The Morgan fingerprint density at radius 2 is 1.90 bits per heavy atom. The van der Waals surface area contributed by atoms with Gasteiger partial charge in [-0.3, -0.25) is 0 Å². The second kappa shape index (κ2) is 8.90. The zero-order valence-corrected chi connectivity index (χ0v) is 14.3. The Morgan fingerprint density at radius 1 is 1.19 bits per heavy atom. The Balaban J connectivity index is 2.60. The number of nitrogens with zero attached hydrogens (tertiary/aromatic N) is 1. The molecule has 0 aliphatic rings. The molecule has 1 rings (SSSR count). The summed E-state index contributed by atoms with van der Waals surface area (Å²) in [6, 6.07) is 6.76. The molecule has 0 spiro atoms. The molecule has 120 valence electrons. The quantitative estimate of drug-likeness (QED) is 0.759. The minimum absolute atomic E-state index is 0.223.